The second-order valence-corrected chi connectivity index (χ2v) is 5.86. The number of furan rings is 1. The van der Waals surface area contributed by atoms with Crippen LogP contribution < -0.4 is 5.32 Å². The van der Waals surface area contributed by atoms with Crippen LogP contribution in [0.15, 0.2) is 47.3 Å². The quantitative estimate of drug-likeness (QED) is 0.921. The number of benzene rings is 1. The van der Waals surface area contributed by atoms with Crippen molar-refractivity contribution < 1.29 is 13.9 Å². The number of carbonyl (C=O) groups excluding carboxylic acids is 1. The van der Waals surface area contributed by atoms with E-state index in [1.807, 2.05) is 0 Å². The molecule has 2 heterocycles. The molecular weight excluding hydrogens is 292 g/mol. The van der Waals surface area contributed by atoms with Crippen molar-refractivity contribution in [2.24, 2.45) is 0 Å². The van der Waals surface area contributed by atoms with Gasteiger partial charge in [0, 0.05) is 19.6 Å². The van der Waals surface area contributed by atoms with E-state index in [9.17, 15) is 4.79 Å². The van der Waals surface area contributed by atoms with E-state index in [0.29, 0.717) is 5.56 Å². The maximum atomic E-state index is 12.4. The van der Waals surface area contributed by atoms with E-state index < -0.39 is 0 Å². The molecule has 1 aromatic carbocycles. The summed E-state index contributed by atoms with van der Waals surface area (Å²) in [6, 6.07) is 9.93. The van der Waals surface area contributed by atoms with Gasteiger partial charge in [-0.2, -0.15) is 0 Å². The Morgan fingerprint density at radius 1 is 1.22 bits per heavy atom. The normalized spacial score (nSPS) is 16.9. The van der Waals surface area contributed by atoms with Crippen LogP contribution in [0.1, 0.15) is 27.5 Å². The van der Waals surface area contributed by atoms with Gasteiger partial charge in [0.15, 0.2) is 0 Å². The second-order valence-electron chi connectivity index (χ2n) is 5.86. The molecule has 2 aromatic rings. The van der Waals surface area contributed by atoms with E-state index in [2.05, 4.69) is 41.4 Å². The highest BCUT2D eigenvalue weighted by atomic mass is 16.5. The van der Waals surface area contributed by atoms with E-state index >= 15 is 0 Å². The zero-order valence-corrected chi connectivity index (χ0v) is 13.3. The fourth-order valence-corrected chi connectivity index (χ4v) is 2.71. The van der Waals surface area contributed by atoms with Crippen LogP contribution in [0.4, 0.5) is 0 Å². The Morgan fingerprint density at radius 3 is 2.61 bits per heavy atom. The summed E-state index contributed by atoms with van der Waals surface area (Å²) in [4.78, 5) is 14.7. The van der Waals surface area contributed by atoms with Gasteiger partial charge in [-0.25, -0.2) is 0 Å². The number of carbonyl (C=O) groups is 1. The third kappa shape index (κ3) is 4.21. The van der Waals surface area contributed by atoms with E-state index in [1.54, 1.807) is 6.07 Å². The third-order valence-electron chi connectivity index (χ3n) is 4.11. The van der Waals surface area contributed by atoms with Gasteiger partial charge in [0.2, 0.25) is 0 Å². The predicted molar refractivity (Wildman–Crippen MR) is 87.4 cm³/mol. The molecule has 5 heteroatoms. The summed E-state index contributed by atoms with van der Waals surface area (Å²) in [6.07, 6.45) is 2.98. The van der Waals surface area contributed by atoms with Crippen LogP contribution in [0.5, 0.6) is 0 Å². The molecule has 23 heavy (non-hydrogen) atoms. The highest BCUT2D eigenvalue weighted by Crippen LogP contribution is 2.17. The lowest BCUT2D eigenvalue weighted by Gasteiger charge is -2.31. The average molecular weight is 314 g/mol. The number of nitrogens with one attached hydrogen (secondary N) is 1. The molecule has 1 aliphatic rings. The van der Waals surface area contributed by atoms with Crippen molar-refractivity contribution in [3.63, 3.8) is 0 Å². The van der Waals surface area contributed by atoms with Gasteiger partial charge in [-0.1, -0.05) is 29.8 Å². The third-order valence-corrected chi connectivity index (χ3v) is 4.11. The first-order valence-corrected chi connectivity index (χ1v) is 7.92. The number of ether oxygens (including phenoxy) is 1. The zero-order chi connectivity index (χ0) is 16.1. The molecular formula is C18H22N2O3. The Balaban J connectivity index is 1.74. The number of nitrogens with zero attached hydrogens (tertiary/aromatic N) is 1. The van der Waals surface area contributed by atoms with E-state index in [-0.39, 0.29) is 11.9 Å². The van der Waals surface area contributed by atoms with Gasteiger partial charge in [0.1, 0.15) is 6.26 Å². The van der Waals surface area contributed by atoms with Gasteiger partial charge in [-0.05, 0) is 18.6 Å². The molecule has 0 radical (unpaired) electrons. The molecule has 122 valence electrons. The Bertz CT molecular complexity index is 616. The second kappa shape index (κ2) is 7.44. The fraction of sp³-hybridized carbons (Fsp3) is 0.389. The minimum Gasteiger partial charge on any atom is -0.472 e. The van der Waals surface area contributed by atoms with Gasteiger partial charge >= 0.3 is 0 Å². The molecule has 0 aliphatic carbocycles. The topological polar surface area (TPSA) is 54.7 Å². The number of amides is 1. The fourth-order valence-electron chi connectivity index (χ4n) is 2.71. The molecule has 0 unspecified atom stereocenters. The summed E-state index contributed by atoms with van der Waals surface area (Å²) >= 11 is 0. The number of hydrogen-bond donors (Lipinski definition) is 1. The summed E-state index contributed by atoms with van der Waals surface area (Å²) in [5, 5.41) is 3.12. The van der Waals surface area contributed by atoms with Crippen molar-refractivity contribution in [2.75, 3.05) is 32.8 Å². The van der Waals surface area contributed by atoms with Gasteiger partial charge in [-0.15, -0.1) is 0 Å². The lowest BCUT2D eigenvalue weighted by molar-refractivity contribution is 0.0332. The summed E-state index contributed by atoms with van der Waals surface area (Å²) in [5.41, 5.74) is 2.86. The Labute approximate surface area is 136 Å². The minimum absolute atomic E-state index is 0.0592. The van der Waals surface area contributed by atoms with Gasteiger partial charge < -0.3 is 14.5 Å². The molecule has 5 nitrogen and oxygen atoms in total. The van der Waals surface area contributed by atoms with Crippen LogP contribution in [0, 0.1) is 6.92 Å². The lowest BCUT2D eigenvalue weighted by atomic mass is 10.0. The van der Waals surface area contributed by atoms with E-state index in [1.165, 1.54) is 18.1 Å². The number of rotatable bonds is 5. The first-order valence-electron chi connectivity index (χ1n) is 7.92. The summed E-state index contributed by atoms with van der Waals surface area (Å²) < 4.78 is 10.4. The molecule has 1 aliphatic heterocycles. The summed E-state index contributed by atoms with van der Waals surface area (Å²) in [6.45, 7) is 6.11. The van der Waals surface area contributed by atoms with Crippen molar-refractivity contribution in [1.82, 2.24) is 10.2 Å². The van der Waals surface area contributed by atoms with Gasteiger partial charge in [-0.3, -0.25) is 9.69 Å². The molecule has 1 amide bonds. The molecule has 0 bridgehead atoms. The molecule has 0 saturated carbocycles. The van der Waals surface area contributed by atoms with E-state index in [0.717, 1.165) is 38.4 Å². The smallest absolute Gasteiger partial charge is 0.255 e. The minimum atomic E-state index is -0.113. The van der Waals surface area contributed by atoms with Gasteiger partial charge in [0.05, 0.1) is 31.1 Å². The predicted octanol–water partition coefficient (Wildman–Crippen LogP) is 2.39. The zero-order valence-electron chi connectivity index (χ0n) is 13.3. The standard InChI is InChI=1S/C18H22N2O3/c1-14-2-4-15(5-3-14)17(12-20-7-10-22-11-8-20)19-18(21)16-6-9-23-13-16/h2-6,9,13,17H,7-8,10-12H2,1H3,(H,19,21)/t17-/m0/s1. The molecule has 0 spiro atoms. The van der Waals surface area contributed by atoms with Crippen LogP contribution >= 0.6 is 0 Å². The van der Waals surface area contributed by atoms with Crippen molar-refractivity contribution in [1.29, 1.82) is 0 Å². The first kappa shape index (κ1) is 15.8. The van der Waals surface area contributed by atoms with Crippen molar-refractivity contribution in [2.45, 2.75) is 13.0 Å². The Hall–Kier alpha value is -2.11. The number of aryl methyl sites for hydroxylation is 1. The molecule has 1 aromatic heterocycles. The van der Waals surface area contributed by atoms with Crippen LogP contribution in [0.3, 0.4) is 0 Å². The number of hydrogen-bond acceptors (Lipinski definition) is 4. The largest absolute Gasteiger partial charge is 0.472 e. The molecule has 3 rings (SSSR count). The van der Waals surface area contributed by atoms with E-state index in [4.69, 9.17) is 9.15 Å². The first-order chi connectivity index (χ1) is 11.2. The maximum absolute atomic E-state index is 12.4. The van der Waals surface area contributed by atoms with Crippen LogP contribution in [0.2, 0.25) is 0 Å². The van der Waals surface area contributed by atoms with Crippen molar-refractivity contribution in [3.05, 3.63) is 59.5 Å². The molecule has 1 N–H and O–H groups in total. The number of morpholine rings is 1. The highest BCUT2D eigenvalue weighted by Gasteiger charge is 2.21. The molecule has 1 atom stereocenters. The van der Waals surface area contributed by atoms with Crippen LogP contribution in [-0.2, 0) is 4.74 Å². The maximum Gasteiger partial charge on any atom is 0.255 e. The monoisotopic (exact) mass is 314 g/mol. The summed E-state index contributed by atoms with van der Waals surface area (Å²) in [7, 11) is 0. The van der Waals surface area contributed by atoms with Crippen LogP contribution in [0.25, 0.3) is 0 Å². The van der Waals surface area contributed by atoms with Crippen LogP contribution in [-0.4, -0.2) is 43.7 Å². The molecule has 1 fully saturated rings. The SMILES string of the molecule is Cc1ccc([C@H](CN2CCOCC2)NC(=O)c2ccoc2)cc1. The average Bonchev–Trinajstić information content (AvgIpc) is 3.10. The molecule has 1 saturated heterocycles. The van der Waals surface area contributed by atoms with Crippen molar-refractivity contribution >= 4 is 5.91 Å². The Kier molecular flexibility index (Phi) is 5.10. The summed E-state index contributed by atoms with van der Waals surface area (Å²) in [5.74, 6) is -0.113. The van der Waals surface area contributed by atoms with Gasteiger partial charge in [0.25, 0.3) is 5.91 Å². The highest BCUT2D eigenvalue weighted by molar-refractivity contribution is 5.94. The Morgan fingerprint density at radius 2 is 1.96 bits per heavy atom. The van der Waals surface area contributed by atoms with Crippen molar-refractivity contribution in [3.8, 4) is 0 Å². The lowest BCUT2D eigenvalue weighted by Crippen LogP contribution is -2.43.